The van der Waals surface area contributed by atoms with E-state index in [1.807, 2.05) is 31.2 Å². The molecule has 0 N–H and O–H groups in total. The molecule has 0 spiro atoms. The maximum atomic E-state index is 6.45. The van der Waals surface area contributed by atoms with Crippen molar-refractivity contribution in [1.82, 2.24) is 0 Å². The molecular weight excluding hydrogens is 383 g/mol. The number of benzene rings is 1. The van der Waals surface area contributed by atoms with Gasteiger partial charge in [-0.3, -0.25) is 0 Å². The smallest absolute Gasteiger partial charge is 0.173 e. The van der Waals surface area contributed by atoms with E-state index in [-0.39, 0.29) is 5.38 Å². The Hall–Kier alpha value is -0.450. The first kappa shape index (κ1) is 14.0. The fourth-order valence-corrected chi connectivity index (χ4v) is 3.30. The summed E-state index contributed by atoms with van der Waals surface area (Å²) in [5.41, 5.74) is 1.88. The van der Waals surface area contributed by atoms with Gasteiger partial charge in [0.15, 0.2) is 4.67 Å². The van der Waals surface area contributed by atoms with Crippen LogP contribution < -0.4 is 4.74 Å². The minimum absolute atomic E-state index is 0.275. The highest BCUT2D eigenvalue weighted by Gasteiger charge is 2.18. The van der Waals surface area contributed by atoms with Gasteiger partial charge in [-0.15, -0.1) is 11.6 Å². The van der Waals surface area contributed by atoms with Gasteiger partial charge in [-0.05, 0) is 46.6 Å². The molecule has 0 aliphatic rings. The van der Waals surface area contributed by atoms with Crippen molar-refractivity contribution in [2.24, 2.45) is 0 Å². The van der Waals surface area contributed by atoms with Crippen molar-refractivity contribution in [2.45, 2.75) is 12.3 Å². The molecule has 2 aromatic rings. The molecule has 0 amide bonds. The fraction of sp³-hybridized carbons (Fsp3) is 0.231. The predicted molar refractivity (Wildman–Crippen MR) is 79.4 cm³/mol. The van der Waals surface area contributed by atoms with Crippen LogP contribution in [0.4, 0.5) is 0 Å². The van der Waals surface area contributed by atoms with Crippen molar-refractivity contribution >= 4 is 43.5 Å². The fourth-order valence-electron chi connectivity index (χ4n) is 1.62. The van der Waals surface area contributed by atoms with E-state index in [2.05, 4.69) is 31.9 Å². The highest BCUT2D eigenvalue weighted by atomic mass is 79.9. The lowest BCUT2D eigenvalue weighted by atomic mass is 10.1. The molecule has 0 fully saturated rings. The van der Waals surface area contributed by atoms with Crippen LogP contribution in [0, 0.1) is 0 Å². The van der Waals surface area contributed by atoms with Crippen LogP contribution in [-0.2, 0) is 0 Å². The Kier molecular flexibility index (Phi) is 4.76. The van der Waals surface area contributed by atoms with Crippen LogP contribution in [0.3, 0.4) is 0 Å². The van der Waals surface area contributed by atoms with Crippen LogP contribution in [-0.4, -0.2) is 6.61 Å². The molecule has 1 atom stereocenters. The van der Waals surface area contributed by atoms with Crippen molar-refractivity contribution in [3.8, 4) is 5.75 Å². The van der Waals surface area contributed by atoms with E-state index in [9.17, 15) is 0 Å². The molecule has 0 saturated heterocycles. The van der Waals surface area contributed by atoms with E-state index < -0.39 is 0 Å². The van der Waals surface area contributed by atoms with Crippen LogP contribution in [0.5, 0.6) is 5.75 Å². The Morgan fingerprint density at radius 3 is 2.61 bits per heavy atom. The van der Waals surface area contributed by atoms with Crippen LogP contribution >= 0.6 is 43.5 Å². The summed E-state index contributed by atoms with van der Waals surface area (Å²) in [5, 5.41) is -0.275. The molecule has 2 nitrogen and oxygen atoms in total. The van der Waals surface area contributed by atoms with Crippen molar-refractivity contribution in [1.29, 1.82) is 0 Å². The lowest BCUT2D eigenvalue weighted by Crippen LogP contribution is -1.96. The Balaban J connectivity index is 2.31. The first-order valence-electron chi connectivity index (χ1n) is 5.42. The van der Waals surface area contributed by atoms with E-state index >= 15 is 0 Å². The van der Waals surface area contributed by atoms with E-state index in [0.29, 0.717) is 11.3 Å². The third-order valence-corrected chi connectivity index (χ3v) is 4.28. The van der Waals surface area contributed by atoms with Gasteiger partial charge in [0.2, 0.25) is 0 Å². The summed E-state index contributed by atoms with van der Waals surface area (Å²) in [7, 11) is 0. The number of hydrogen-bond acceptors (Lipinski definition) is 2. The summed E-state index contributed by atoms with van der Waals surface area (Å²) in [5.74, 6) is 0.822. The maximum Gasteiger partial charge on any atom is 0.173 e. The average Bonchev–Trinajstić information content (AvgIpc) is 2.75. The monoisotopic (exact) mass is 392 g/mol. The Morgan fingerprint density at radius 1 is 1.28 bits per heavy atom. The van der Waals surface area contributed by atoms with Crippen molar-refractivity contribution in [3.63, 3.8) is 0 Å². The summed E-state index contributed by atoms with van der Waals surface area (Å²) < 4.78 is 12.2. The second-order valence-corrected chi connectivity index (χ2v) is 5.64. The SMILES string of the molecule is CCOc1ccc(C(Cl)c2ccoc2Br)c(Br)c1. The van der Waals surface area contributed by atoms with Crippen LogP contribution in [0.25, 0.3) is 0 Å². The van der Waals surface area contributed by atoms with Gasteiger partial charge in [0.25, 0.3) is 0 Å². The minimum Gasteiger partial charge on any atom is -0.494 e. The Labute approximate surface area is 128 Å². The number of alkyl halides is 1. The molecule has 96 valence electrons. The number of hydrogen-bond donors (Lipinski definition) is 0. The van der Waals surface area contributed by atoms with Gasteiger partial charge in [0.05, 0.1) is 18.2 Å². The lowest BCUT2D eigenvalue weighted by Gasteiger charge is -2.12. The Bertz CT molecular complexity index is 540. The van der Waals surface area contributed by atoms with E-state index in [0.717, 1.165) is 21.3 Å². The topological polar surface area (TPSA) is 22.4 Å². The molecule has 0 saturated carbocycles. The molecule has 2 rings (SSSR count). The third kappa shape index (κ3) is 2.92. The zero-order valence-corrected chi connectivity index (χ0v) is 13.5. The zero-order chi connectivity index (χ0) is 13.1. The third-order valence-electron chi connectivity index (χ3n) is 2.48. The van der Waals surface area contributed by atoms with Crippen molar-refractivity contribution in [3.05, 3.63) is 50.8 Å². The van der Waals surface area contributed by atoms with Crippen LogP contribution in [0.15, 0.2) is 44.1 Å². The van der Waals surface area contributed by atoms with Crippen LogP contribution in [0.1, 0.15) is 23.4 Å². The van der Waals surface area contributed by atoms with Gasteiger partial charge in [0.1, 0.15) is 5.75 Å². The van der Waals surface area contributed by atoms with E-state index in [4.69, 9.17) is 20.8 Å². The van der Waals surface area contributed by atoms with Crippen LogP contribution in [0.2, 0.25) is 0 Å². The van der Waals surface area contributed by atoms with Gasteiger partial charge in [-0.25, -0.2) is 0 Å². The van der Waals surface area contributed by atoms with Gasteiger partial charge in [0, 0.05) is 10.0 Å². The van der Waals surface area contributed by atoms with Gasteiger partial charge in [-0.1, -0.05) is 22.0 Å². The summed E-state index contributed by atoms with van der Waals surface area (Å²) in [6, 6.07) is 7.63. The van der Waals surface area contributed by atoms with Gasteiger partial charge in [-0.2, -0.15) is 0 Å². The average molecular weight is 394 g/mol. The number of ether oxygens (including phenoxy) is 1. The molecule has 1 aromatic carbocycles. The molecule has 0 radical (unpaired) electrons. The molecule has 18 heavy (non-hydrogen) atoms. The second-order valence-electron chi connectivity index (χ2n) is 3.63. The first-order chi connectivity index (χ1) is 8.63. The van der Waals surface area contributed by atoms with E-state index in [1.165, 1.54) is 0 Å². The second kappa shape index (κ2) is 6.13. The standard InChI is InChI=1S/C13H11Br2ClO2/c1-2-17-8-3-4-9(11(14)7-8)12(16)10-5-6-18-13(10)15/h3-7,12H,2H2,1H3. The van der Waals surface area contributed by atoms with E-state index in [1.54, 1.807) is 6.26 Å². The quantitative estimate of drug-likeness (QED) is 0.636. The van der Waals surface area contributed by atoms with Gasteiger partial charge >= 0.3 is 0 Å². The highest BCUT2D eigenvalue weighted by molar-refractivity contribution is 9.10. The molecule has 1 aromatic heterocycles. The molecule has 0 aliphatic carbocycles. The summed E-state index contributed by atoms with van der Waals surface area (Å²) >= 11 is 13.3. The zero-order valence-electron chi connectivity index (χ0n) is 9.62. The number of rotatable bonds is 4. The summed E-state index contributed by atoms with van der Waals surface area (Å²) in [6.07, 6.45) is 1.61. The lowest BCUT2D eigenvalue weighted by molar-refractivity contribution is 0.340. The molecule has 5 heteroatoms. The molecular formula is C13H11Br2ClO2. The first-order valence-corrected chi connectivity index (χ1v) is 7.45. The van der Waals surface area contributed by atoms with Gasteiger partial charge < -0.3 is 9.15 Å². The minimum atomic E-state index is -0.275. The molecule has 1 unspecified atom stereocenters. The molecule has 0 aliphatic heterocycles. The Morgan fingerprint density at radius 2 is 2.06 bits per heavy atom. The normalized spacial score (nSPS) is 12.4. The van der Waals surface area contributed by atoms with Crippen molar-refractivity contribution < 1.29 is 9.15 Å². The van der Waals surface area contributed by atoms with Crippen molar-refractivity contribution in [2.75, 3.05) is 6.61 Å². The maximum absolute atomic E-state index is 6.45. The summed E-state index contributed by atoms with van der Waals surface area (Å²) in [6.45, 7) is 2.60. The highest BCUT2D eigenvalue weighted by Crippen LogP contribution is 2.38. The molecule has 1 heterocycles. The predicted octanol–water partition coefficient (Wildman–Crippen LogP) is 5.53. The largest absolute Gasteiger partial charge is 0.494 e. The number of halogens is 3. The molecule has 0 bridgehead atoms. The number of furan rings is 1. The summed E-state index contributed by atoms with van der Waals surface area (Å²) in [4.78, 5) is 0.